The van der Waals surface area contributed by atoms with Crippen molar-refractivity contribution in [2.45, 2.75) is 24.8 Å². The number of likely N-dealkylation sites (N-methyl/N-ethyl adjacent to an activating group) is 1. The van der Waals surface area contributed by atoms with Gasteiger partial charge < -0.3 is 10.6 Å². The van der Waals surface area contributed by atoms with Crippen LogP contribution in [0, 0.1) is 0 Å². The molecule has 0 spiro atoms. The van der Waals surface area contributed by atoms with Crippen LogP contribution in [0.5, 0.6) is 0 Å². The van der Waals surface area contributed by atoms with Crippen LogP contribution in [0.3, 0.4) is 0 Å². The second-order valence-electron chi connectivity index (χ2n) is 6.32. The molecule has 0 aromatic heterocycles. The predicted molar refractivity (Wildman–Crippen MR) is 103 cm³/mol. The molecule has 2 rings (SSSR count). The van der Waals surface area contributed by atoms with Gasteiger partial charge in [-0.25, -0.2) is 8.42 Å². The molecule has 1 aliphatic heterocycles. The Morgan fingerprint density at radius 2 is 1.74 bits per heavy atom. The van der Waals surface area contributed by atoms with Crippen molar-refractivity contribution < 1.29 is 18.0 Å². The summed E-state index contributed by atoms with van der Waals surface area (Å²) in [4.78, 5) is 25.8. The minimum atomic E-state index is -3.57. The molecule has 0 unspecified atom stereocenters. The highest BCUT2D eigenvalue weighted by molar-refractivity contribution is 7.89. The van der Waals surface area contributed by atoms with Gasteiger partial charge in [0.25, 0.3) is 0 Å². The molecule has 1 heterocycles. The van der Waals surface area contributed by atoms with Gasteiger partial charge in [0.2, 0.25) is 21.8 Å². The fourth-order valence-electron chi connectivity index (χ4n) is 2.77. The number of hydrogen-bond acceptors (Lipinski definition) is 5. The van der Waals surface area contributed by atoms with Crippen LogP contribution in [-0.4, -0.2) is 74.7 Å². The van der Waals surface area contributed by atoms with E-state index in [1.165, 1.54) is 16.4 Å². The van der Waals surface area contributed by atoms with E-state index in [4.69, 9.17) is 11.6 Å². The quantitative estimate of drug-likeness (QED) is 0.665. The van der Waals surface area contributed by atoms with Crippen molar-refractivity contribution in [3.8, 4) is 0 Å². The van der Waals surface area contributed by atoms with Gasteiger partial charge in [0.15, 0.2) is 0 Å². The van der Waals surface area contributed by atoms with Gasteiger partial charge in [-0.1, -0.05) is 11.6 Å². The number of piperazine rings is 1. The molecule has 1 atom stereocenters. The van der Waals surface area contributed by atoms with Crippen molar-refractivity contribution in [2.75, 3.05) is 39.3 Å². The number of nitrogens with zero attached hydrogens (tertiary/aromatic N) is 2. The van der Waals surface area contributed by atoms with Gasteiger partial charge in [-0.15, -0.1) is 0 Å². The first kappa shape index (κ1) is 21.6. The van der Waals surface area contributed by atoms with Crippen molar-refractivity contribution in [1.82, 2.24) is 19.8 Å². The second kappa shape index (κ2) is 9.50. The van der Waals surface area contributed by atoms with Crippen molar-refractivity contribution in [2.24, 2.45) is 0 Å². The molecule has 8 nitrogen and oxygen atoms in total. The van der Waals surface area contributed by atoms with E-state index in [0.29, 0.717) is 37.7 Å². The van der Waals surface area contributed by atoms with Crippen LogP contribution < -0.4 is 10.6 Å². The summed E-state index contributed by atoms with van der Waals surface area (Å²) >= 11 is 5.81. The van der Waals surface area contributed by atoms with Gasteiger partial charge >= 0.3 is 0 Å². The number of nitrogens with one attached hydrogen (secondary N) is 2. The molecule has 2 N–H and O–H groups in total. The maximum Gasteiger partial charge on any atom is 0.243 e. The van der Waals surface area contributed by atoms with Gasteiger partial charge in [0.05, 0.1) is 11.4 Å². The number of rotatable bonds is 7. The first-order valence-electron chi connectivity index (χ1n) is 8.79. The summed E-state index contributed by atoms with van der Waals surface area (Å²) in [5.41, 5.74) is 0. The predicted octanol–water partition coefficient (Wildman–Crippen LogP) is 0.287. The Bertz CT molecular complexity index is 762. The molecule has 0 aliphatic carbocycles. The summed E-state index contributed by atoms with van der Waals surface area (Å²) in [5, 5.41) is 5.77. The third kappa shape index (κ3) is 5.90. The highest BCUT2D eigenvalue weighted by Gasteiger charge is 2.29. The van der Waals surface area contributed by atoms with Crippen LogP contribution in [0.1, 0.15) is 13.8 Å². The van der Waals surface area contributed by atoms with Crippen molar-refractivity contribution >= 4 is 33.4 Å². The molecule has 1 fully saturated rings. The lowest BCUT2D eigenvalue weighted by Gasteiger charge is -2.33. The van der Waals surface area contributed by atoms with Crippen molar-refractivity contribution in [1.29, 1.82) is 0 Å². The van der Waals surface area contributed by atoms with E-state index < -0.39 is 16.1 Å². The molecule has 10 heteroatoms. The average molecular weight is 417 g/mol. The summed E-state index contributed by atoms with van der Waals surface area (Å²) in [5.74, 6) is -0.493. The minimum Gasteiger partial charge on any atom is -0.355 e. The van der Waals surface area contributed by atoms with Crippen molar-refractivity contribution in [3.63, 3.8) is 0 Å². The Hall–Kier alpha value is -1.68. The normalized spacial score (nSPS) is 17.3. The van der Waals surface area contributed by atoms with E-state index in [-0.39, 0.29) is 23.3 Å². The smallest absolute Gasteiger partial charge is 0.243 e. The Balaban J connectivity index is 1.85. The monoisotopic (exact) mass is 416 g/mol. The lowest BCUT2D eigenvalue weighted by molar-refractivity contribution is -0.129. The minimum absolute atomic E-state index is 0.124. The van der Waals surface area contributed by atoms with Gasteiger partial charge in [0.1, 0.15) is 6.04 Å². The number of benzene rings is 1. The molecule has 2 amide bonds. The largest absolute Gasteiger partial charge is 0.355 e. The summed E-state index contributed by atoms with van der Waals surface area (Å²) < 4.78 is 26.7. The average Bonchev–Trinajstić information content (AvgIpc) is 2.62. The molecule has 0 bridgehead atoms. The highest BCUT2D eigenvalue weighted by atomic mass is 35.5. The molecule has 1 aliphatic rings. The number of hydrogen-bond donors (Lipinski definition) is 2. The molecule has 0 radical (unpaired) electrons. The van der Waals surface area contributed by atoms with Gasteiger partial charge in [-0.05, 0) is 38.1 Å². The number of carbonyl (C=O) groups is 2. The summed E-state index contributed by atoms with van der Waals surface area (Å²) in [6.07, 6.45) is 0. The summed E-state index contributed by atoms with van der Waals surface area (Å²) in [6, 6.07) is 5.46. The van der Waals surface area contributed by atoms with E-state index in [0.717, 1.165) is 0 Å². The Labute approximate surface area is 164 Å². The lowest BCUT2D eigenvalue weighted by Crippen LogP contribution is -2.53. The first-order chi connectivity index (χ1) is 12.7. The Kier molecular flexibility index (Phi) is 7.60. The zero-order valence-corrected chi connectivity index (χ0v) is 17.0. The summed E-state index contributed by atoms with van der Waals surface area (Å²) in [6.45, 7) is 5.53. The van der Waals surface area contributed by atoms with Gasteiger partial charge in [-0.3, -0.25) is 14.5 Å². The molecule has 1 aromatic carbocycles. The maximum atomic E-state index is 12.6. The van der Waals surface area contributed by atoms with Gasteiger partial charge in [-0.2, -0.15) is 4.31 Å². The molecule has 150 valence electrons. The van der Waals surface area contributed by atoms with Crippen LogP contribution in [0.25, 0.3) is 0 Å². The molecule has 0 saturated carbocycles. The van der Waals surface area contributed by atoms with Crippen LogP contribution in [0.15, 0.2) is 29.2 Å². The Morgan fingerprint density at radius 3 is 2.30 bits per heavy atom. The van der Waals surface area contributed by atoms with Crippen LogP contribution in [0.4, 0.5) is 0 Å². The first-order valence-corrected chi connectivity index (χ1v) is 10.6. The number of amides is 2. The molecular weight excluding hydrogens is 392 g/mol. The van der Waals surface area contributed by atoms with Crippen molar-refractivity contribution in [3.05, 3.63) is 29.3 Å². The third-order valence-corrected chi connectivity index (χ3v) is 6.44. The second-order valence-corrected chi connectivity index (χ2v) is 8.69. The van der Waals surface area contributed by atoms with Crippen LogP contribution in [0.2, 0.25) is 5.02 Å². The standard InChI is InChI=1S/C17H25ClN4O4S/c1-3-19-17(24)13(2)20-16(23)12-21-8-10-22(11-9-21)27(25,26)15-6-4-14(18)5-7-15/h4-7,13H,3,8-12H2,1-2H3,(H,19,24)(H,20,23)/t13-/m0/s1. The maximum absolute atomic E-state index is 12.6. The van der Waals surface area contributed by atoms with Crippen LogP contribution >= 0.6 is 11.6 Å². The number of carbonyl (C=O) groups excluding carboxylic acids is 2. The molecular formula is C17H25ClN4O4S. The fraction of sp³-hybridized carbons (Fsp3) is 0.529. The fourth-order valence-corrected chi connectivity index (χ4v) is 4.31. The number of halogens is 1. The zero-order chi connectivity index (χ0) is 20.0. The van der Waals surface area contributed by atoms with E-state index in [1.54, 1.807) is 19.1 Å². The van der Waals surface area contributed by atoms with E-state index in [2.05, 4.69) is 10.6 Å². The van der Waals surface area contributed by atoms with E-state index in [1.807, 2.05) is 11.8 Å². The third-order valence-electron chi connectivity index (χ3n) is 4.27. The van der Waals surface area contributed by atoms with Gasteiger partial charge in [0, 0.05) is 37.7 Å². The topological polar surface area (TPSA) is 98.8 Å². The number of sulfonamides is 1. The van der Waals surface area contributed by atoms with E-state index >= 15 is 0 Å². The SMILES string of the molecule is CCNC(=O)[C@H](C)NC(=O)CN1CCN(S(=O)(=O)c2ccc(Cl)cc2)CC1. The van der Waals surface area contributed by atoms with Crippen LogP contribution in [-0.2, 0) is 19.6 Å². The Morgan fingerprint density at radius 1 is 1.15 bits per heavy atom. The summed E-state index contributed by atoms with van der Waals surface area (Å²) in [7, 11) is -3.57. The molecule has 1 saturated heterocycles. The zero-order valence-electron chi connectivity index (χ0n) is 15.4. The van der Waals surface area contributed by atoms with E-state index in [9.17, 15) is 18.0 Å². The lowest BCUT2D eigenvalue weighted by atomic mass is 10.3. The molecule has 27 heavy (non-hydrogen) atoms. The molecule has 1 aromatic rings. The highest BCUT2D eigenvalue weighted by Crippen LogP contribution is 2.19.